The normalized spacial score (nSPS) is 12.8. The highest BCUT2D eigenvalue weighted by Gasteiger charge is 2.43. The molecule has 0 bridgehead atoms. The van der Waals surface area contributed by atoms with Gasteiger partial charge in [0, 0.05) is 33.8 Å². The van der Waals surface area contributed by atoms with Crippen molar-refractivity contribution in [3.05, 3.63) is 188 Å². The second-order valence-electron chi connectivity index (χ2n) is 15.4. The van der Waals surface area contributed by atoms with Crippen LogP contribution < -0.4 is 30.9 Å². The molecule has 0 aromatic heterocycles. The Labute approximate surface area is 317 Å². The predicted molar refractivity (Wildman–Crippen MR) is 229 cm³/mol. The van der Waals surface area contributed by atoms with Crippen molar-refractivity contribution in [2.45, 2.75) is 26.2 Å². The van der Waals surface area contributed by atoms with E-state index in [4.69, 9.17) is 4.74 Å². The maximum Gasteiger partial charge on any atom is 0.257 e. The number of hydrogen-bond donors (Lipinski definition) is 0. The Morgan fingerprint density at radius 1 is 0.500 bits per heavy atom. The molecule has 0 amide bonds. The molecule has 2 heterocycles. The van der Waals surface area contributed by atoms with Crippen molar-refractivity contribution < 1.29 is 4.74 Å². The number of nitrogens with zero attached hydrogens (tertiary/aromatic N) is 2. The quantitative estimate of drug-likeness (QED) is 0.167. The molecule has 10 rings (SSSR count). The molecule has 0 radical (unpaired) electrons. The molecule has 8 aromatic rings. The summed E-state index contributed by atoms with van der Waals surface area (Å²) in [4.78, 5) is 4.87. The Bertz CT molecular complexity index is 2630. The first kappa shape index (κ1) is 32.2. The van der Waals surface area contributed by atoms with Crippen LogP contribution in [0.15, 0.2) is 182 Å². The second-order valence-corrected chi connectivity index (χ2v) is 15.4. The minimum absolute atomic E-state index is 0.0364. The molecule has 0 aliphatic carbocycles. The van der Waals surface area contributed by atoms with Gasteiger partial charge in [0.05, 0.1) is 5.69 Å². The van der Waals surface area contributed by atoms with Gasteiger partial charge < -0.3 is 14.5 Å². The average molecular weight is 695 g/mol. The number of rotatable bonds is 5. The molecule has 8 aromatic carbocycles. The van der Waals surface area contributed by atoms with E-state index in [1.807, 2.05) is 0 Å². The molecule has 258 valence electrons. The van der Waals surface area contributed by atoms with Crippen molar-refractivity contribution in [1.29, 1.82) is 0 Å². The zero-order valence-electron chi connectivity index (χ0n) is 30.7. The number of ether oxygens (including phenoxy) is 1. The smallest absolute Gasteiger partial charge is 0.257 e. The summed E-state index contributed by atoms with van der Waals surface area (Å²) in [7, 11) is 0. The van der Waals surface area contributed by atoms with Gasteiger partial charge in [-0.2, -0.15) is 0 Å². The van der Waals surface area contributed by atoms with E-state index in [9.17, 15) is 0 Å². The predicted octanol–water partition coefficient (Wildman–Crippen LogP) is 11.7. The van der Waals surface area contributed by atoms with Crippen LogP contribution in [-0.2, 0) is 5.41 Å². The summed E-state index contributed by atoms with van der Waals surface area (Å²) in [6.07, 6.45) is 0. The zero-order valence-corrected chi connectivity index (χ0v) is 30.7. The highest BCUT2D eigenvalue weighted by atomic mass is 16.5. The monoisotopic (exact) mass is 694 g/mol. The third-order valence-electron chi connectivity index (χ3n) is 11.1. The Kier molecular flexibility index (Phi) is 7.48. The molecule has 0 fully saturated rings. The minimum atomic E-state index is -0.0364. The van der Waals surface area contributed by atoms with Crippen LogP contribution in [0, 0.1) is 0 Å². The van der Waals surface area contributed by atoms with Gasteiger partial charge in [-0.1, -0.05) is 142 Å². The van der Waals surface area contributed by atoms with Crippen LogP contribution in [0.3, 0.4) is 0 Å². The topological polar surface area (TPSA) is 15.7 Å². The highest BCUT2D eigenvalue weighted by Crippen LogP contribution is 2.47. The van der Waals surface area contributed by atoms with E-state index < -0.39 is 0 Å². The van der Waals surface area contributed by atoms with Crippen molar-refractivity contribution in [2.75, 3.05) is 9.80 Å². The molecule has 54 heavy (non-hydrogen) atoms. The largest absolute Gasteiger partial charge is 0.458 e. The molecule has 3 nitrogen and oxygen atoms in total. The Hall–Kier alpha value is -6.52. The van der Waals surface area contributed by atoms with Crippen molar-refractivity contribution in [3.63, 3.8) is 0 Å². The summed E-state index contributed by atoms with van der Waals surface area (Å²) in [5.41, 5.74) is 14.1. The number of hydrogen-bond acceptors (Lipinski definition) is 3. The summed E-state index contributed by atoms with van der Waals surface area (Å²) < 4.78 is 6.90. The van der Waals surface area contributed by atoms with E-state index in [0.717, 1.165) is 45.5 Å². The van der Waals surface area contributed by atoms with E-state index in [-0.39, 0.29) is 12.1 Å². The molecule has 4 heteroatoms. The van der Waals surface area contributed by atoms with E-state index in [1.165, 1.54) is 44.0 Å². The van der Waals surface area contributed by atoms with Crippen LogP contribution in [-0.4, -0.2) is 6.71 Å². The molecule has 0 atom stereocenters. The first-order valence-electron chi connectivity index (χ1n) is 18.8. The maximum atomic E-state index is 6.90. The van der Waals surface area contributed by atoms with Crippen LogP contribution in [0.5, 0.6) is 11.5 Å². The van der Waals surface area contributed by atoms with Crippen LogP contribution in [0.2, 0.25) is 0 Å². The molecular formula is C50H39BN2O. The summed E-state index contributed by atoms with van der Waals surface area (Å²) in [5, 5.41) is 2.42. The van der Waals surface area contributed by atoms with Crippen molar-refractivity contribution in [3.8, 4) is 22.6 Å². The molecule has 0 saturated heterocycles. The Morgan fingerprint density at radius 2 is 1.13 bits per heavy atom. The van der Waals surface area contributed by atoms with Crippen LogP contribution in [0.4, 0.5) is 34.1 Å². The highest BCUT2D eigenvalue weighted by molar-refractivity contribution is 7.00. The molecule has 0 unspecified atom stereocenters. The van der Waals surface area contributed by atoms with Crippen molar-refractivity contribution in [1.82, 2.24) is 0 Å². The summed E-state index contributed by atoms with van der Waals surface area (Å²) >= 11 is 0. The summed E-state index contributed by atoms with van der Waals surface area (Å²) in [6.45, 7) is 6.78. The summed E-state index contributed by atoms with van der Waals surface area (Å²) in [5.74, 6) is 1.81. The van der Waals surface area contributed by atoms with Gasteiger partial charge in [0.15, 0.2) is 0 Å². The van der Waals surface area contributed by atoms with Gasteiger partial charge >= 0.3 is 0 Å². The zero-order chi connectivity index (χ0) is 36.4. The fourth-order valence-corrected chi connectivity index (χ4v) is 8.49. The van der Waals surface area contributed by atoms with Gasteiger partial charge in [0.1, 0.15) is 11.5 Å². The third kappa shape index (κ3) is 5.21. The van der Waals surface area contributed by atoms with Gasteiger partial charge in [-0.05, 0) is 105 Å². The molecular weight excluding hydrogens is 655 g/mol. The lowest BCUT2D eigenvalue weighted by molar-refractivity contribution is 0.488. The lowest BCUT2D eigenvalue weighted by atomic mass is 9.33. The molecule has 2 aliphatic rings. The lowest BCUT2D eigenvalue weighted by Crippen LogP contribution is -2.59. The number of anilines is 6. The third-order valence-corrected chi connectivity index (χ3v) is 11.1. The van der Waals surface area contributed by atoms with Gasteiger partial charge in [-0.3, -0.25) is 0 Å². The summed E-state index contributed by atoms with van der Waals surface area (Å²) in [6, 6.07) is 65.9. The van der Waals surface area contributed by atoms with E-state index in [2.05, 4.69) is 213 Å². The van der Waals surface area contributed by atoms with Crippen molar-refractivity contribution >= 4 is 68.0 Å². The fourth-order valence-electron chi connectivity index (χ4n) is 8.49. The molecule has 0 N–H and O–H groups in total. The first-order valence-corrected chi connectivity index (χ1v) is 18.8. The van der Waals surface area contributed by atoms with Crippen LogP contribution >= 0.6 is 0 Å². The lowest BCUT2D eigenvalue weighted by Gasteiger charge is -2.41. The van der Waals surface area contributed by atoms with Gasteiger partial charge in [-0.25, -0.2) is 0 Å². The second kappa shape index (κ2) is 12.6. The minimum Gasteiger partial charge on any atom is -0.458 e. The van der Waals surface area contributed by atoms with Gasteiger partial charge in [0.25, 0.3) is 6.71 Å². The van der Waals surface area contributed by atoms with E-state index >= 15 is 0 Å². The van der Waals surface area contributed by atoms with E-state index in [0.29, 0.717) is 0 Å². The van der Waals surface area contributed by atoms with Crippen molar-refractivity contribution in [2.24, 2.45) is 0 Å². The number of benzene rings is 8. The Balaban J connectivity index is 1.28. The van der Waals surface area contributed by atoms with Gasteiger partial charge in [-0.15, -0.1) is 0 Å². The number of fused-ring (bicyclic) bond motifs is 6. The standard InChI is InChI=1S/C50H39BN2O/c1-50(2,3)36-27-29-39(30-28-36)53-43-24-15-25-46-49(43)51(42-31-26-35(32-47(42)54-46)34-16-7-4-8-17-34)48-41-23-14-13-22-40(41)44(33-45(48)53)52(37-18-9-5-10-19-37)38-20-11-6-12-21-38/h4-33H,1-3H3. The number of para-hydroxylation sites is 2. The van der Waals surface area contributed by atoms with Crippen LogP contribution in [0.1, 0.15) is 26.3 Å². The van der Waals surface area contributed by atoms with Crippen LogP contribution in [0.25, 0.3) is 21.9 Å². The molecule has 2 aliphatic heterocycles. The molecule has 0 spiro atoms. The SMILES string of the molecule is CC(C)(C)c1ccc(N2c3cccc4c3B(c3ccc(-c5ccccc5)cc3O4)c3c2cc(N(c2ccccc2)c2ccccc2)c2ccccc32)cc1. The van der Waals surface area contributed by atoms with E-state index in [1.54, 1.807) is 0 Å². The first-order chi connectivity index (χ1) is 26.4. The molecule has 0 saturated carbocycles. The maximum absolute atomic E-state index is 6.90. The van der Waals surface area contributed by atoms with Gasteiger partial charge in [0.2, 0.25) is 0 Å². The average Bonchev–Trinajstić information content (AvgIpc) is 3.21. The fraction of sp³-hybridized carbons (Fsp3) is 0.0800. The Morgan fingerprint density at radius 3 is 1.80 bits per heavy atom.